The molecule has 222 valence electrons. The molecule has 6 heteroatoms. The highest BCUT2D eigenvalue weighted by Gasteiger charge is 2.46. The molecule has 0 saturated heterocycles. The summed E-state index contributed by atoms with van der Waals surface area (Å²) in [4.78, 5) is 48.4. The number of cyclic esters (lactones) is 4. The summed E-state index contributed by atoms with van der Waals surface area (Å²) in [5, 5.41) is 0. The van der Waals surface area contributed by atoms with E-state index < -0.39 is 29.3 Å². The van der Waals surface area contributed by atoms with Crippen LogP contribution in [-0.2, 0) is 14.9 Å². The average Bonchev–Trinajstić information content (AvgIpc) is 3.69. The van der Waals surface area contributed by atoms with E-state index in [1.165, 1.54) is 22.3 Å². The monoisotopic (exact) mass is 610 g/mol. The van der Waals surface area contributed by atoms with Gasteiger partial charge in [-0.2, -0.15) is 0 Å². The molecule has 0 aromatic heterocycles. The van der Waals surface area contributed by atoms with Crippen molar-refractivity contribution >= 4 is 23.9 Å². The largest absolute Gasteiger partial charge is 0.386 e. The Morgan fingerprint density at radius 3 is 1.13 bits per heavy atom. The maximum absolute atomic E-state index is 12.2. The zero-order chi connectivity index (χ0) is 31.9. The van der Waals surface area contributed by atoms with Crippen LogP contribution in [0.1, 0.15) is 63.7 Å². The molecule has 47 heavy (non-hydrogen) atoms. The highest BCUT2D eigenvalue weighted by molar-refractivity contribution is 6.16. The second kappa shape index (κ2) is 9.80. The summed E-state index contributed by atoms with van der Waals surface area (Å²) in [5.74, 6) is -2.49. The van der Waals surface area contributed by atoms with Gasteiger partial charge < -0.3 is 9.47 Å². The summed E-state index contributed by atoms with van der Waals surface area (Å²) in [5.41, 5.74) is 10.7. The van der Waals surface area contributed by atoms with Gasteiger partial charge in [-0.05, 0) is 79.9 Å². The third-order valence-electron chi connectivity index (χ3n) is 9.54. The number of benzene rings is 6. The zero-order valence-corrected chi connectivity index (χ0v) is 24.7. The fraction of sp³-hybridized carbons (Fsp3) is 0.0244. The van der Waals surface area contributed by atoms with Crippen molar-refractivity contribution in [2.75, 3.05) is 0 Å². The van der Waals surface area contributed by atoms with Crippen LogP contribution in [0.3, 0.4) is 0 Å². The van der Waals surface area contributed by atoms with Gasteiger partial charge in [0, 0.05) is 0 Å². The number of carbonyl (C=O) groups excluding carboxylic acids is 4. The standard InChI is InChI=1S/C41H22O6/c42-37-31-19-13-25(21-33(31)39(44)46-37)23-9-15-27(16-10-23)41(35-7-3-1-5-29(35)30-6-2-4-8-36(30)41)28-17-11-24(12-18-28)26-14-20-32-34(22-26)40(45)47-38(32)43/h1-22H. The van der Waals surface area contributed by atoms with E-state index in [0.717, 1.165) is 33.4 Å². The van der Waals surface area contributed by atoms with E-state index in [4.69, 9.17) is 9.47 Å². The topological polar surface area (TPSA) is 86.7 Å². The molecule has 6 nitrogen and oxygen atoms in total. The predicted molar refractivity (Wildman–Crippen MR) is 174 cm³/mol. The number of hydrogen-bond donors (Lipinski definition) is 0. The Kier molecular flexibility index (Phi) is 5.62. The Morgan fingerprint density at radius 1 is 0.340 bits per heavy atom. The lowest BCUT2D eigenvalue weighted by Gasteiger charge is -2.34. The lowest BCUT2D eigenvalue weighted by atomic mass is 9.67. The Hall–Kier alpha value is -6.40. The van der Waals surface area contributed by atoms with E-state index in [2.05, 4.69) is 72.8 Å². The third-order valence-corrected chi connectivity index (χ3v) is 9.54. The number of rotatable bonds is 4. The molecule has 3 aliphatic rings. The minimum Gasteiger partial charge on any atom is -0.386 e. The third kappa shape index (κ3) is 3.79. The minimum absolute atomic E-state index is 0.277. The van der Waals surface area contributed by atoms with Gasteiger partial charge in [-0.25, -0.2) is 19.2 Å². The Balaban J connectivity index is 1.19. The van der Waals surface area contributed by atoms with Crippen molar-refractivity contribution in [1.82, 2.24) is 0 Å². The van der Waals surface area contributed by atoms with E-state index in [1.54, 1.807) is 24.3 Å². The SMILES string of the molecule is O=C1OC(=O)c2cc(-c3ccc(C4(c5ccc(-c6ccc7c(c6)C(=O)OC7=O)cc5)c5ccccc5-c5ccccc54)cc3)ccc21. The molecule has 0 N–H and O–H groups in total. The lowest BCUT2D eigenvalue weighted by molar-refractivity contribution is 0.0425. The Labute approximate surface area is 268 Å². The van der Waals surface area contributed by atoms with Crippen LogP contribution in [0.15, 0.2) is 133 Å². The van der Waals surface area contributed by atoms with Crippen molar-refractivity contribution in [3.05, 3.63) is 178 Å². The average molecular weight is 611 g/mol. The molecule has 0 fully saturated rings. The van der Waals surface area contributed by atoms with E-state index >= 15 is 0 Å². The maximum atomic E-state index is 12.2. The van der Waals surface area contributed by atoms with E-state index in [-0.39, 0.29) is 22.3 Å². The lowest BCUT2D eigenvalue weighted by Crippen LogP contribution is -2.28. The fourth-order valence-electron chi connectivity index (χ4n) is 7.38. The zero-order valence-electron chi connectivity index (χ0n) is 24.7. The van der Waals surface area contributed by atoms with Gasteiger partial charge in [-0.15, -0.1) is 0 Å². The van der Waals surface area contributed by atoms with Crippen molar-refractivity contribution in [3.8, 4) is 33.4 Å². The van der Waals surface area contributed by atoms with Crippen LogP contribution < -0.4 is 0 Å². The molecule has 6 aromatic rings. The number of esters is 4. The van der Waals surface area contributed by atoms with Gasteiger partial charge in [0.05, 0.1) is 27.7 Å². The highest BCUT2D eigenvalue weighted by atomic mass is 16.6. The van der Waals surface area contributed by atoms with Gasteiger partial charge in [0.25, 0.3) is 0 Å². The van der Waals surface area contributed by atoms with Gasteiger partial charge in [0.2, 0.25) is 0 Å². The van der Waals surface area contributed by atoms with Crippen molar-refractivity contribution in [3.63, 3.8) is 0 Å². The van der Waals surface area contributed by atoms with Gasteiger partial charge >= 0.3 is 23.9 Å². The van der Waals surface area contributed by atoms with E-state index in [1.807, 2.05) is 36.4 Å². The molecule has 0 atom stereocenters. The highest BCUT2D eigenvalue weighted by Crippen LogP contribution is 2.56. The minimum atomic E-state index is -0.632. The molecule has 6 aromatic carbocycles. The summed E-state index contributed by atoms with van der Waals surface area (Å²) in [6.45, 7) is 0. The van der Waals surface area contributed by atoms with Crippen molar-refractivity contribution in [2.24, 2.45) is 0 Å². The van der Waals surface area contributed by atoms with Crippen molar-refractivity contribution < 1.29 is 28.7 Å². The van der Waals surface area contributed by atoms with Crippen LogP contribution in [0.2, 0.25) is 0 Å². The molecule has 0 bridgehead atoms. The molecule has 9 rings (SSSR count). The maximum Gasteiger partial charge on any atom is 0.346 e. The number of hydrogen-bond acceptors (Lipinski definition) is 6. The molecule has 0 spiro atoms. The van der Waals surface area contributed by atoms with E-state index in [0.29, 0.717) is 0 Å². The van der Waals surface area contributed by atoms with Crippen LogP contribution >= 0.6 is 0 Å². The first kappa shape index (κ1) is 27.0. The second-order valence-corrected chi connectivity index (χ2v) is 11.9. The molecular weight excluding hydrogens is 588 g/mol. The molecule has 0 saturated carbocycles. The fourth-order valence-corrected chi connectivity index (χ4v) is 7.38. The Bertz CT molecular complexity index is 2200. The van der Waals surface area contributed by atoms with Gasteiger partial charge in [0.15, 0.2) is 0 Å². The number of carbonyl (C=O) groups is 4. The molecule has 0 unspecified atom stereocenters. The van der Waals surface area contributed by atoms with Gasteiger partial charge in [-0.3, -0.25) is 0 Å². The normalized spacial score (nSPS) is 15.1. The summed E-state index contributed by atoms with van der Waals surface area (Å²) in [7, 11) is 0. The smallest absolute Gasteiger partial charge is 0.346 e. The van der Waals surface area contributed by atoms with Crippen molar-refractivity contribution in [1.29, 1.82) is 0 Å². The summed E-state index contributed by atoms with van der Waals surface area (Å²) >= 11 is 0. The van der Waals surface area contributed by atoms with Gasteiger partial charge in [0.1, 0.15) is 0 Å². The first-order valence-corrected chi connectivity index (χ1v) is 15.2. The summed E-state index contributed by atoms with van der Waals surface area (Å²) < 4.78 is 9.58. The first-order valence-electron chi connectivity index (χ1n) is 15.2. The molecule has 0 radical (unpaired) electrons. The molecular formula is C41H22O6. The molecule has 2 aliphatic heterocycles. The Morgan fingerprint density at radius 2 is 0.702 bits per heavy atom. The van der Waals surface area contributed by atoms with Gasteiger partial charge in [-0.1, -0.05) is 109 Å². The van der Waals surface area contributed by atoms with Crippen LogP contribution in [0.25, 0.3) is 33.4 Å². The molecule has 1 aliphatic carbocycles. The van der Waals surface area contributed by atoms with E-state index in [9.17, 15) is 19.2 Å². The quantitative estimate of drug-likeness (QED) is 0.148. The second-order valence-electron chi connectivity index (χ2n) is 11.9. The summed E-state index contributed by atoms with van der Waals surface area (Å²) in [6, 6.07) is 44.0. The van der Waals surface area contributed by atoms with Crippen LogP contribution in [0.4, 0.5) is 0 Å². The van der Waals surface area contributed by atoms with Crippen LogP contribution in [0, 0.1) is 0 Å². The molecule has 0 amide bonds. The predicted octanol–water partition coefficient (Wildman–Crippen LogP) is 8.00. The number of fused-ring (bicyclic) bond motifs is 5. The summed E-state index contributed by atoms with van der Waals surface area (Å²) in [6.07, 6.45) is 0. The van der Waals surface area contributed by atoms with Crippen molar-refractivity contribution in [2.45, 2.75) is 5.41 Å². The first-order chi connectivity index (χ1) is 22.9. The van der Waals surface area contributed by atoms with Crippen LogP contribution in [-0.4, -0.2) is 23.9 Å². The number of ether oxygens (including phenoxy) is 2. The molecule has 2 heterocycles. The van der Waals surface area contributed by atoms with Crippen LogP contribution in [0.5, 0.6) is 0 Å².